The Bertz CT molecular complexity index is 668. The average molecular weight is 288 g/mol. The van der Waals surface area contributed by atoms with E-state index < -0.39 is 0 Å². The van der Waals surface area contributed by atoms with Gasteiger partial charge in [-0.25, -0.2) is 9.78 Å². The van der Waals surface area contributed by atoms with Crippen LogP contribution in [0.2, 0.25) is 0 Å². The monoisotopic (exact) mass is 288 g/mol. The number of aliphatic hydroxyl groups is 1. The van der Waals surface area contributed by atoms with Crippen LogP contribution < -0.4 is 5.32 Å². The van der Waals surface area contributed by atoms with Crippen LogP contribution in [0.15, 0.2) is 24.5 Å². The zero-order chi connectivity index (χ0) is 15.0. The van der Waals surface area contributed by atoms with Gasteiger partial charge in [0.15, 0.2) is 0 Å². The number of nitrogens with zero attached hydrogens (tertiary/aromatic N) is 2. The molecule has 2 aromatic rings. The first-order chi connectivity index (χ1) is 10.0. The largest absolute Gasteiger partial charge is 0.396 e. The van der Waals surface area contributed by atoms with E-state index in [0.717, 1.165) is 10.9 Å². The number of hydrogen-bond acceptors (Lipinski definition) is 3. The number of H-pyrrole nitrogens is 1. The number of urea groups is 1. The summed E-state index contributed by atoms with van der Waals surface area (Å²) in [6.07, 6.45) is 3.54. The van der Waals surface area contributed by atoms with Crippen molar-refractivity contribution in [2.75, 3.05) is 25.0 Å². The molecule has 1 saturated heterocycles. The molecule has 2 atom stereocenters. The SMILES string of the molecule is CC1CN(C(=O)Nc2cc3cc[nH]c3cn2)CC1(C)CO. The summed E-state index contributed by atoms with van der Waals surface area (Å²) in [5.74, 6) is 0.811. The fourth-order valence-corrected chi connectivity index (χ4v) is 2.78. The molecule has 0 aliphatic carbocycles. The number of carbonyl (C=O) groups excluding carboxylic acids is 1. The molecule has 0 saturated carbocycles. The number of amides is 2. The fraction of sp³-hybridized carbons (Fsp3) is 0.467. The standard InChI is InChI=1S/C15H20N4O2/c1-10-7-19(8-15(10,2)9-20)14(21)18-13-5-11-3-4-16-12(11)6-17-13/h3-6,10,16,20H,7-9H2,1-2H3,(H,17,18,21). The third kappa shape index (κ3) is 2.47. The summed E-state index contributed by atoms with van der Waals surface area (Å²) in [5, 5.41) is 13.3. The van der Waals surface area contributed by atoms with Crippen molar-refractivity contribution in [3.63, 3.8) is 0 Å². The van der Waals surface area contributed by atoms with E-state index in [9.17, 15) is 9.90 Å². The van der Waals surface area contributed by atoms with Crippen molar-refractivity contribution in [1.82, 2.24) is 14.9 Å². The number of rotatable bonds is 2. The minimum absolute atomic E-state index is 0.0888. The highest BCUT2D eigenvalue weighted by molar-refractivity contribution is 5.91. The first kappa shape index (κ1) is 13.9. The predicted octanol–water partition coefficient (Wildman–Crippen LogP) is 2.05. The number of carbonyl (C=O) groups is 1. The molecule has 0 bridgehead atoms. The quantitative estimate of drug-likeness (QED) is 0.791. The number of aromatic amines is 1. The Kier molecular flexibility index (Phi) is 3.33. The molecule has 21 heavy (non-hydrogen) atoms. The van der Waals surface area contributed by atoms with E-state index in [0.29, 0.717) is 18.9 Å². The molecule has 2 amide bonds. The minimum atomic E-state index is -0.227. The Balaban J connectivity index is 1.72. The summed E-state index contributed by atoms with van der Waals surface area (Å²) in [6, 6.07) is 3.61. The zero-order valence-electron chi connectivity index (χ0n) is 12.3. The van der Waals surface area contributed by atoms with Gasteiger partial charge in [-0.1, -0.05) is 13.8 Å². The van der Waals surface area contributed by atoms with E-state index in [2.05, 4.69) is 22.2 Å². The first-order valence-corrected chi connectivity index (χ1v) is 7.12. The molecule has 1 aliphatic heterocycles. The lowest BCUT2D eigenvalue weighted by atomic mass is 9.82. The number of pyridine rings is 1. The molecule has 3 N–H and O–H groups in total. The third-order valence-corrected chi connectivity index (χ3v) is 4.56. The Morgan fingerprint density at radius 3 is 3.19 bits per heavy atom. The van der Waals surface area contributed by atoms with Gasteiger partial charge in [0.1, 0.15) is 5.82 Å². The number of fused-ring (bicyclic) bond motifs is 1. The molecule has 3 heterocycles. The summed E-state index contributed by atoms with van der Waals surface area (Å²) in [7, 11) is 0. The molecule has 1 fully saturated rings. The van der Waals surface area contributed by atoms with Gasteiger partial charge in [-0.15, -0.1) is 0 Å². The van der Waals surface area contributed by atoms with E-state index in [1.165, 1.54) is 0 Å². The molecule has 1 aliphatic rings. The lowest BCUT2D eigenvalue weighted by Gasteiger charge is -2.25. The minimum Gasteiger partial charge on any atom is -0.396 e. The van der Waals surface area contributed by atoms with Crippen LogP contribution >= 0.6 is 0 Å². The summed E-state index contributed by atoms with van der Waals surface area (Å²) in [5.41, 5.74) is 0.714. The van der Waals surface area contributed by atoms with Crippen LogP contribution in [-0.2, 0) is 0 Å². The van der Waals surface area contributed by atoms with Crippen LogP contribution in [0, 0.1) is 11.3 Å². The Labute approximate surface area is 123 Å². The van der Waals surface area contributed by atoms with Crippen LogP contribution in [0.25, 0.3) is 10.9 Å². The van der Waals surface area contributed by atoms with Crippen LogP contribution in [0.4, 0.5) is 10.6 Å². The highest BCUT2D eigenvalue weighted by Gasteiger charge is 2.41. The number of nitrogens with one attached hydrogen (secondary N) is 2. The van der Waals surface area contributed by atoms with Crippen molar-refractivity contribution in [2.45, 2.75) is 13.8 Å². The van der Waals surface area contributed by atoms with Gasteiger partial charge >= 0.3 is 6.03 Å². The van der Waals surface area contributed by atoms with Gasteiger partial charge < -0.3 is 15.0 Å². The number of hydrogen-bond donors (Lipinski definition) is 3. The molecule has 2 aromatic heterocycles. The van der Waals surface area contributed by atoms with Gasteiger partial charge in [0, 0.05) is 30.1 Å². The molecular weight excluding hydrogens is 268 g/mol. The van der Waals surface area contributed by atoms with Crippen molar-refractivity contribution in [3.8, 4) is 0 Å². The first-order valence-electron chi connectivity index (χ1n) is 7.12. The zero-order valence-corrected chi connectivity index (χ0v) is 12.3. The summed E-state index contributed by atoms with van der Waals surface area (Å²) in [4.78, 5) is 21.4. The lowest BCUT2D eigenvalue weighted by Crippen LogP contribution is -2.35. The second-order valence-corrected chi connectivity index (χ2v) is 6.16. The number of likely N-dealkylation sites (tertiary alicyclic amines) is 1. The average Bonchev–Trinajstić information content (AvgIpc) is 3.04. The van der Waals surface area contributed by atoms with Crippen LogP contribution in [0.5, 0.6) is 0 Å². The highest BCUT2D eigenvalue weighted by atomic mass is 16.3. The third-order valence-electron chi connectivity index (χ3n) is 4.56. The predicted molar refractivity (Wildman–Crippen MR) is 81.0 cm³/mol. The fourth-order valence-electron chi connectivity index (χ4n) is 2.78. The van der Waals surface area contributed by atoms with E-state index >= 15 is 0 Å². The van der Waals surface area contributed by atoms with Gasteiger partial charge in [-0.05, 0) is 18.1 Å². The number of aliphatic hydroxyl groups excluding tert-OH is 1. The van der Waals surface area contributed by atoms with Crippen LogP contribution in [0.3, 0.4) is 0 Å². The lowest BCUT2D eigenvalue weighted by molar-refractivity contribution is 0.119. The maximum atomic E-state index is 12.3. The maximum absolute atomic E-state index is 12.3. The molecule has 0 spiro atoms. The molecule has 0 aromatic carbocycles. The molecule has 2 unspecified atom stereocenters. The second-order valence-electron chi connectivity index (χ2n) is 6.16. The smallest absolute Gasteiger partial charge is 0.323 e. The van der Waals surface area contributed by atoms with Crippen LogP contribution in [-0.4, -0.2) is 45.7 Å². The topological polar surface area (TPSA) is 81.2 Å². The van der Waals surface area contributed by atoms with Gasteiger partial charge in [-0.2, -0.15) is 0 Å². The molecule has 6 heteroatoms. The second kappa shape index (κ2) is 5.04. The van der Waals surface area contributed by atoms with Crippen molar-refractivity contribution in [1.29, 1.82) is 0 Å². The molecule has 0 radical (unpaired) electrons. The molecule has 3 rings (SSSR count). The Morgan fingerprint density at radius 2 is 2.48 bits per heavy atom. The summed E-state index contributed by atoms with van der Waals surface area (Å²) >= 11 is 0. The molecular formula is C15H20N4O2. The van der Waals surface area contributed by atoms with Crippen LogP contribution in [0.1, 0.15) is 13.8 Å². The van der Waals surface area contributed by atoms with E-state index in [1.807, 2.05) is 25.3 Å². The van der Waals surface area contributed by atoms with E-state index in [-0.39, 0.29) is 24.0 Å². The number of anilines is 1. The summed E-state index contributed by atoms with van der Waals surface area (Å²) < 4.78 is 0. The van der Waals surface area contributed by atoms with Gasteiger partial charge in [0.05, 0.1) is 18.3 Å². The highest BCUT2D eigenvalue weighted by Crippen LogP contribution is 2.35. The number of aromatic nitrogens is 2. The molecule has 112 valence electrons. The summed E-state index contributed by atoms with van der Waals surface area (Å²) in [6.45, 7) is 5.37. The Hall–Kier alpha value is -2.08. The van der Waals surface area contributed by atoms with Gasteiger partial charge in [0.2, 0.25) is 0 Å². The van der Waals surface area contributed by atoms with Gasteiger partial charge in [-0.3, -0.25) is 5.32 Å². The maximum Gasteiger partial charge on any atom is 0.323 e. The Morgan fingerprint density at radius 1 is 1.67 bits per heavy atom. The van der Waals surface area contributed by atoms with E-state index in [4.69, 9.17) is 0 Å². The van der Waals surface area contributed by atoms with Crippen molar-refractivity contribution >= 4 is 22.8 Å². The van der Waals surface area contributed by atoms with Gasteiger partial charge in [0.25, 0.3) is 0 Å². The normalized spacial score (nSPS) is 25.5. The van der Waals surface area contributed by atoms with Crippen molar-refractivity contribution in [2.24, 2.45) is 11.3 Å². The van der Waals surface area contributed by atoms with Crippen molar-refractivity contribution < 1.29 is 9.90 Å². The molecule has 6 nitrogen and oxygen atoms in total. The van der Waals surface area contributed by atoms with Crippen molar-refractivity contribution in [3.05, 3.63) is 24.5 Å². The van der Waals surface area contributed by atoms with E-state index in [1.54, 1.807) is 11.1 Å².